The number of ether oxygens (including phenoxy) is 1. The number of anilines is 1. The maximum atomic E-state index is 12.7. The van der Waals surface area contributed by atoms with E-state index >= 15 is 0 Å². The normalized spacial score (nSPS) is 15.2. The summed E-state index contributed by atoms with van der Waals surface area (Å²) in [6.45, 7) is 7.09. The highest BCUT2D eigenvalue weighted by Gasteiger charge is 2.27. The fourth-order valence-electron chi connectivity index (χ4n) is 4.05. The summed E-state index contributed by atoms with van der Waals surface area (Å²) >= 11 is 2.76. The van der Waals surface area contributed by atoms with Gasteiger partial charge in [-0.15, -0.1) is 21.5 Å². The van der Waals surface area contributed by atoms with Gasteiger partial charge < -0.3 is 20.4 Å². The number of fused-ring (bicyclic) bond motifs is 1. The average Bonchev–Trinajstić information content (AvgIpc) is 3.35. The van der Waals surface area contributed by atoms with Crippen LogP contribution in [0.25, 0.3) is 11.4 Å². The van der Waals surface area contributed by atoms with Crippen LogP contribution in [-0.2, 0) is 24.7 Å². The fourth-order valence-corrected chi connectivity index (χ4v) is 6.19. The second-order valence-electron chi connectivity index (χ2n) is 9.35. The minimum absolute atomic E-state index is 0.144. The molecule has 0 radical (unpaired) electrons. The summed E-state index contributed by atoms with van der Waals surface area (Å²) < 4.78 is 7.61. The monoisotopic (exact) mass is 513 g/mol. The van der Waals surface area contributed by atoms with Crippen molar-refractivity contribution in [2.24, 2.45) is 24.6 Å². The number of thioether (sulfide) groups is 1. The number of nitrogens with zero attached hydrogens (tertiary/aromatic N) is 3. The van der Waals surface area contributed by atoms with Gasteiger partial charge >= 0.3 is 0 Å². The van der Waals surface area contributed by atoms with Crippen LogP contribution in [0, 0.1) is 11.8 Å². The quantitative estimate of drug-likeness (QED) is 0.407. The topological polar surface area (TPSA) is 112 Å². The Labute approximate surface area is 213 Å². The maximum absolute atomic E-state index is 12.7. The van der Waals surface area contributed by atoms with E-state index in [0.29, 0.717) is 40.0 Å². The van der Waals surface area contributed by atoms with Gasteiger partial charge in [0.2, 0.25) is 5.91 Å². The molecule has 0 spiro atoms. The van der Waals surface area contributed by atoms with Gasteiger partial charge in [0.15, 0.2) is 11.0 Å². The number of primary amides is 1. The lowest BCUT2D eigenvalue weighted by atomic mass is 9.88. The van der Waals surface area contributed by atoms with Crippen LogP contribution in [0.4, 0.5) is 5.00 Å². The van der Waals surface area contributed by atoms with E-state index < -0.39 is 5.91 Å². The van der Waals surface area contributed by atoms with Crippen molar-refractivity contribution in [2.75, 3.05) is 17.7 Å². The van der Waals surface area contributed by atoms with Gasteiger partial charge in [-0.3, -0.25) is 9.59 Å². The summed E-state index contributed by atoms with van der Waals surface area (Å²) in [6, 6.07) is 7.74. The van der Waals surface area contributed by atoms with E-state index in [4.69, 9.17) is 10.5 Å². The number of nitrogens with two attached hydrogens (primary N) is 1. The summed E-state index contributed by atoms with van der Waals surface area (Å²) in [5.41, 5.74) is 8.04. The lowest BCUT2D eigenvalue weighted by Gasteiger charge is -2.18. The lowest BCUT2D eigenvalue weighted by molar-refractivity contribution is -0.113. The maximum Gasteiger partial charge on any atom is 0.251 e. The minimum Gasteiger partial charge on any atom is -0.493 e. The summed E-state index contributed by atoms with van der Waals surface area (Å²) in [5.74, 6) is 2.00. The number of thiophene rings is 1. The van der Waals surface area contributed by atoms with Crippen LogP contribution in [0.1, 0.15) is 48.0 Å². The first kappa shape index (κ1) is 25.2. The third-order valence-corrected chi connectivity index (χ3v) is 8.06. The third kappa shape index (κ3) is 5.87. The molecule has 3 aromatic rings. The van der Waals surface area contributed by atoms with Crippen molar-refractivity contribution in [1.29, 1.82) is 0 Å². The predicted molar refractivity (Wildman–Crippen MR) is 140 cm³/mol. The molecule has 1 atom stereocenters. The van der Waals surface area contributed by atoms with Crippen molar-refractivity contribution in [2.45, 2.75) is 45.2 Å². The molecule has 2 heterocycles. The SMILES string of the molecule is CC(C)COc1ccc(-c2nnc(SCC(=O)Nc3sc4c(c3C(N)=O)CCC(C)C4)n2C)cc1. The minimum atomic E-state index is -0.487. The van der Waals surface area contributed by atoms with E-state index in [9.17, 15) is 9.59 Å². The molecule has 35 heavy (non-hydrogen) atoms. The van der Waals surface area contributed by atoms with Crippen LogP contribution in [0.15, 0.2) is 29.4 Å². The first-order chi connectivity index (χ1) is 16.7. The third-order valence-electron chi connectivity index (χ3n) is 5.87. The van der Waals surface area contributed by atoms with Gasteiger partial charge in [0.1, 0.15) is 10.8 Å². The Morgan fingerprint density at radius 3 is 2.71 bits per heavy atom. The zero-order valence-corrected chi connectivity index (χ0v) is 22.1. The molecule has 3 N–H and O–H groups in total. The van der Waals surface area contributed by atoms with Gasteiger partial charge in [-0.25, -0.2) is 0 Å². The molecule has 8 nitrogen and oxygen atoms in total. The van der Waals surface area contributed by atoms with Gasteiger partial charge in [0.05, 0.1) is 17.9 Å². The second kappa shape index (κ2) is 10.8. The molecule has 4 rings (SSSR count). The Hall–Kier alpha value is -2.85. The summed E-state index contributed by atoms with van der Waals surface area (Å²) in [5, 5.41) is 12.6. The molecule has 2 aromatic heterocycles. The zero-order valence-electron chi connectivity index (χ0n) is 20.5. The molecule has 0 bridgehead atoms. The number of aromatic nitrogens is 3. The Morgan fingerprint density at radius 2 is 2.03 bits per heavy atom. The van der Waals surface area contributed by atoms with Gasteiger partial charge in [-0.05, 0) is 60.9 Å². The number of nitrogens with one attached hydrogen (secondary N) is 1. The molecular weight excluding hydrogens is 482 g/mol. The Balaban J connectivity index is 1.40. The summed E-state index contributed by atoms with van der Waals surface area (Å²) in [6.07, 6.45) is 2.76. The molecular formula is C25H31N5O3S2. The van der Waals surface area contributed by atoms with Crippen molar-refractivity contribution < 1.29 is 14.3 Å². The van der Waals surface area contributed by atoms with E-state index in [-0.39, 0.29) is 11.7 Å². The number of amides is 2. The highest BCUT2D eigenvalue weighted by atomic mass is 32.2. The predicted octanol–water partition coefficient (Wildman–Crippen LogP) is 4.53. The molecule has 0 aliphatic heterocycles. The van der Waals surface area contributed by atoms with Crippen molar-refractivity contribution in [1.82, 2.24) is 14.8 Å². The molecule has 0 saturated carbocycles. The first-order valence-corrected chi connectivity index (χ1v) is 13.5. The standard InChI is InChI=1S/C25H31N5O3S2/c1-14(2)12-33-17-8-6-16(7-9-17)23-28-29-25(30(23)4)34-13-20(31)27-24-21(22(26)32)18-10-5-15(3)11-19(18)35-24/h6-9,14-15H,5,10-13H2,1-4H3,(H2,26,32)(H,27,31). The molecule has 1 aromatic carbocycles. The summed E-state index contributed by atoms with van der Waals surface area (Å²) in [7, 11) is 1.87. The number of carbonyl (C=O) groups is 2. The molecule has 2 amide bonds. The largest absolute Gasteiger partial charge is 0.493 e. The number of hydrogen-bond donors (Lipinski definition) is 2. The van der Waals surface area contributed by atoms with E-state index in [2.05, 4.69) is 36.3 Å². The molecule has 0 fully saturated rings. The van der Waals surface area contributed by atoms with Gasteiger partial charge in [-0.1, -0.05) is 32.5 Å². The van der Waals surface area contributed by atoms with Crippen molar-refractivity contribution in [3.63, 3.8) is 0 Å². The Bertz CT molecular complexity index is 1220. The van der Waals surface area contributed by atoms with E-state index in [0.717, 1.165) is 41.0 Å². The number of benzene rings is 1. The number of carbonyl (C=O) groups excluding carboxylic acids is 2. The number of hydrogen-bond acceptors (Lipinski definition) is 7. The Kier molecular flexibility index (Phi) is 7.81. The van der Waals surface area contributed by atoms with Crippen LogP contribution in [0.3, 0.4) is 0 Å². The zero-order chi connectivity index (χ0) is 25.1. The lowest BCUT2D eigenvalue weighted by Crippen LogP contribution is -2.20. The van der Waals surface area contributed by atoms with Gasteiger partial charge in [0, 0.05) is 17.5 Å². The van der Waals surface area contributed by atoms with Crippen molar-refractivity contribution in [3.05, 3.63) is 40.3 Å². The molecule has 0 saturated heterocycles. The van der Waals surface area contributed by atoms with E-state index in [1.165, 1.54) is 23.1 Å². The smallest absolute Gasteiger partial charge is 0.251 e. The van der Waals surface area contributed by atoms with Crippen LogP contribution in [-0.4, -0.2) is 38.9 Å². The number of rotatable bonds is 9. The van der Waals surface area contributed by atoms with Gasteiger partial charge in [-0.2, -0.15) is 0 Å². The fraction of sp³-hybridized carbons (Fsp3) is 0.440. The molecule has 1 aliphatic rings. The van der Waals surface area contributed by atoms with Crippen molar-refractivity contribution in [3.8, 4) is 17.1 Å². The van der Waals surface area contributed by atoms with E-state index in [1.807, 2.05) is 35.9 Å². The van der Waals surface area contributed by atoms with Gasteiger partial charge in [0.25, 0.3) is 5.91 Å². The van der Waals surface area contributed by atoms with E-state index in [1.54, 1.807) is 0 Å². The molecule has 186 valence electrons. The molecule has 10 heteroatoms. The highest BCUT2D eigenvalue weighted by molar-refractivity contribution is 7.99. The van der Waals surface area contributed by atoms with Crippen LogP contribution in [0.2, 0.25) is 0 Å². The van der Waals surface area contributed by atoms with Crippen LogP contribution in [0.5, 0.6) is 5.75 Å². The molecule has 1 aliphatic carbocycles. The second-order valence-corrected chi connectivity index (χ2v) is 11.4. The van der Waals surface area contributed by atoms with Crippen LogP contribution < -0.4 is 15.8 Å². The molecule has 1 unspecified atom stereocenters. The summed E-state index contributed by atoms with van der Waals surface area (Å²) in [4.78, 5) is 26.0. The van der Waals surface area contributed by atoms with Crippen molar-refractivity contribution >= 4 is 39.9 Å². The average molecular weight is 514 g/mol. The highest BCUT2D eigenvalue weighted by Crippen LogP contribution is 2.39. The van der Waals surface area contributed by atoms with Crippen LogP contribution >= 0.6 is 23.1 Å². The first-order valence-electron chi connectivity index (χ1n) is 11.7. The Morgan fingerprint density at radius 1 is 1.29 bits per heavy atom.